The molecule has 1 unspecified atom stereocenters. The van der Waals surface area contributed by atoms with E-state index in [0.717, 1.165) is 0 Å². The van der Waals surface area contributed by atoms with Crippen LogP contribution < -0.4 is 16.4 Å². The van der Waals surface area contributed by atoms with Crippen LogP contribution in [0.2, 0.25) is 0 Å². The number of fused-ring (bicyclic) bond motifs is 1. The second-order valence-electron chi connectivity index (χ2n) is 3.82. The van der Waals surface area contributed by atoms with E-state index < -0.39 is 17.8 Å². The quantitative estimate of drug-likeness (QED) is 0.703. The molecule has 1 heterocycles. The van der Waals surface area contributed by atoms with E-state index in [2.05, 4.69) is 10.6 Å². The van der Waals surface area contributed by atoms with Gasteiger partial charge in [-0.25, -0.2) is 4.39 Å². The Morgan fingerprint density at radius 2 is 2.29 bits per heavy atom. The van der Waals surface area contributed by atoms with Gasteiger partial charge in [0.1, 0.15) is 11.9 Å². The normalized spacial score (nSPS) is 17.7. The second-order valence-corrected chi connectivity index (χ2v) is 3.82. The Morgan fingerprint density at radius 3 is 3.00 bits per heavy atom. The summed E-state index contributed by atoms with van der Waals surface area (Å²) in [7, 11) is 0. The molecule has 0 saturated heterocycles. The van der Waals surface area contributed by atoms with E-state index in [1.165, 1.54) is 18.2 Å². The van der Waals surface area contributed by atoms with Crippen LogP contribution in [-0.2, 0) is 9.59 Å². The molecular formula is C11H12FN3O2. The van der Waals surface area contributed by atoms with Crippen LogP contribution in [0.5, 0.6) is 0 Å². The monoisotopic (exact) mass is 237 g/mol. The molecule has 1 aliphatic rings. The van der Waals surface area contributed by atoms with Crippen molar-refractivity contribution < 1.29 is 14.0 Å². The predicted octanol–water partition coefficient (Wildman–Crippen LogP) is 0.284. The Morgan fingerprint density at radius 1 is 1.53 bits per heavy atom. The van der Waals surface area contributed by atoms with Gasteiger partial charge in [0.15, 0.2) is 0 Å². The summed E-state index contributed by atoms with van der Waals surface area (Å²) in [6.07, 6.45) is 0.133. The highest BCUT2D eigenvalue weighted by Gasteiger charge is 2.30. The molecule has 2 amide bonds. The van der Waals surface area contributed by atoms with Crippen molar-refractivity contribution in [2.24, 2.45) is 5.73 Å². The summed E-state index contributed by atoms with van der Waals surface area (Å²) in [5, 5.41) is 5.50. The first kappa shape index (κ1) is 11.5. The van der Waals surface area contributed by atoms with Crippen LogP contribution in [-0.4, -0.2) is 18.4 Å². The van der Waals surface area contributed by atoms with Crippen LogP contribution in [0.4, 0.5) is 10.1 Å². The van der Waals surface area contributed by atoms with Gasteiger partial charge in [-0.2, -0.15) is 0 Å². The number of nitrogens with two attached hydrogens (primary N) is 1. The maximum absolute atomic E-state index is 13.1. The van der Waals surface area contributed by atoms with Crippen LogP contribution in [0, 0.1) is 5.82 Å². The number of nitrogens with one attached hydrogen (secondary N) is 2. The van der Waals surface area contributed by atoms with E-state index in [1.807, 2.05) is 0 Å². The standard InChI is InChI=1S/C11H12FN3O2/c12-6-1-2-8-7(5-6)10(11(17)15-8)14-4-3-9(13)16/h1-2,5,10,14H,3-4H2,(H2,13,16)(H,15,17). The fraction of sp³-hybridized carbons (Fsp3) is 0.273. The number of carbonyl (C=O) groups excluding carboxylic acids is 2. The van der Waals surface area contributed by atoms with E-state index in [-0.39, 0.29) is 18.9 Å². The summed E-state index contributed by atoms with van der Waals surface area (Å²) in [6, 6.07) is 3.47. The van der Waals surface area contributed by atoms with Crippen molar-refractivity contribution >= 4 is 17.5 Å². The van der Waals surface area contributed by atoms with Gasteiger partial charge >= 0.3 is 0 Å². The van der Waals surface area contributed by atoms with Crippen molar-refractivity contribution in [1.29, 1.82) is 0 Å². The zero-order chi connectivity index (χ0) is 12.4. The van der Waals surface area contributed by atoms with E-state index in [1.54, 1.807) is 0 Å². The molecule has 1 aliphatic heterocycles. The first-order chi connectivity index (χ1) is 8.08. The highest BCUT2D eigenvalue weighted by atomic mass is 19.1. The van der Waals surface area contributed by atoms with Crippen molar-refractivity contribution in [2.75, 3.05) is 11.9 Å². The fourth-order valence-corrected chi connectivity index (χ4v) is 1.77. The van der Waals surface area contributed by atoms with Crippen LogP contribution >= 0.6 is 0 Å². The van der Waals surface area contributed by atoms with Crippen molar-refractivity contribution in [1.82, 2.24) is 5.32 Å². The second kappa shape index (κ2) is 4.50. The molecule has 1 aromatic rings. The van der Waals surface area contributed by atoms with Crippen molar-refractivity contribution in [3.05, 3.63) is 29.6 Å². The fourth-order valence-electron chi connectivity index (χ4n) is 1.77. The van der Waals surface area contributed by atoms with Gasteiger partial charge in [0.25, 0.3) is 0 Å². The number of primary amides is 1. The Balaban J connectivity index is 2.11. The lowest BCUT2D eigenvalue weighted by Gasteiger charge is -2.10. The Labute approximate surface area is 97.2 Å². The van der Waals surface area contributed by atoms with Gasteiger partial charge in [0.2, 0.25) is 11.8 Å². The molecule has 4 N–H and O–H groups in total. The number of hydrogen-bond acceptors (Lipinski definition) is 3. The molecule has 0 fully saturated rings. The summed E-state index contributed by atoms with van der Waals surface area (Å²) in [5.74, 6) is -1.10. The minimum Gasteiger partial charge on any atom is -0.370 e. The largest absolute Gasteiger partial charge is 0.370 e. The molecule has 5 nitrogen and oxygen atoms in total. The molecule has 90 valence electrons. The number of amides is 2. The summed E-state index contributed by atoms with van der Waals surface area (Å²) >= 11 is 0. The number of hydrogen-bond donors (Lipinski definition) is 3. The van der Waals surface area contributed by atoms with Crippen LogP contribution in [0.15, 0.2) is 18.2 Å². The van der Waals surface area contributed by atoms with E-state index in [0.29, 0.717) is 11.3 Å². The van der Waals surface area contributed by atoms with Crippen LogP contribution in [0.25, 0.3) is 0 Å². The third-order valence-corrected chi connectivity index (χ3v) is 2.56. The third kappa shape index (κ3) is 2.42. The van der Waals surface area contributed by atoms with Crippen molar-refractivity contribution in [3.63, 3.8) is 0 Å². The number of halogens is 1. The van der Waals surface area contributed by atoms with Gasteiger partial charge in [-0.05, 0) is 18.2 Å². The smallest absolute Gasteiger partial charge is 0.246 e. The lowest BCUT2D eigenvalue weighted by atomic mass is 10.1. The average molecular weight is 237 g/mol. The molecule has 1 aromatic carbocycles. The van der Waals surface area contributed by atoms with Crippen LogP contribution in [0.1, 0.15) is 18.0 Å². The van der Waals surface area contributed by atoms with Gasteiger partial charge < -0.3 is 16.4 Å². The van der Waals surface area contributed by atoms with Gasteiger partial charge in [-0.1, -0.05) is 0 Å². The predicted molar refractivity (Wildman–Crippen MR) is 59.6 cm³/mol. The topological polar surface area (TPSA) is 84.2 Å². The number of rotatable bonds is 4. The number of anilines is 1. The van der Waals surface area contributed by atoms with Gasteiger partial charge in [-0.15, -0.1) is 0 Å². The summed E-state index contributed by atoms with van der Waals surface area (Å²) in [4.78, 5) is 22.2. The maximum atomic E-state index is 13.1. The molecule has 0 spiro atoms. The zero-order valence-corrected chi connectivity index (χ0v) is 9.00. The highest BCUT2D eigenvalue weighted by molar-refractivity contribution is 6.02. The molecular weight excluding hydrogens is 225 g/mol. The molecule has 1 atom stereocenters. The maximum Gasteiger partial charge on any atom is 0.246 e. The molecule has 6 heteroatoms. The Hall–Kier alpha value is -1.95. The van der Waals surface area contributed by atoms with E-state index in [4.69, 9.17) is 5.73 Å². The van der Waals surface area contributed by atoms with E-state index in [9.17, 15) is 14.0 Å². The van der Waals surface area contributed by atoms with Gasteiger partial charge in [-0.3, -0.25) is 9.59 Å². The third-order valence-electron chi connectivity index (χ3n) is 2.56. The SMILES string of the molecule is NC(=O)CCNC1C(=O)Nc2ccc(F)cc21. The summed E-state index contributed by atoms with van der Waals surface area (Å²) in [6.45, 7) is 0.281. The number of carbonyl (C=O) groups is 2. The van der Waals surface area contributed by atoms with E-state index >= 15 is 0 Å². The Bertz CT molecular complexity index is 476. The molecule has 2 rings (SSSR count). The molecule has 17 heavy (non-hydrogen) atoms. The average Bonchev–Trinajstić information content (AvgIpc) is 2.55. The zero-order valence-electron chi connectivity index (χ0n) is 9.00. The molecule has 0 radical (unpaired) electrons. The molecule has 0 aromatic heterocycles. The molecule has 0 aliphatic carbocycles. The minimum absolute atomic E-state index is 0.133. The Kier molecular flexibility index (Phi) is 3.06. The number of benzene rings is 1. The lowest BCUT2D eigenvalue weighted by Crippen LogP contribution is -2.30. The molecule has 0 saturated carbocycles. The van der Waals surface area contributed by atoms with Gasteiger partial charge in [0, 0.05) is 24.2 Å². The first-order valence-electron chi connectivity index (χ1n) is 5.20. The van der Waals surface area contributed by atoms with Crippen molar-refractivity contribution in [3.8, 4) is 0 Å². The summed E-state index contributed by atoms with van der Waals surface area (Å²) in [5.41, 5.74) is 6.14. The van der Waals surface area contributed by atoms with Crippen molar-refractivity contribution in [2.45, 2.75) is 12.5 Å². The minimum atomic E-state index is -0.625. The highest BCUT2D eigenvalue weighted by Crippen LogP contribution is 2.30. The van der Waals surface area contributed by atoms with Gasteiger partial charge in [0.05, 0.1) is 0 Å². The lowest BCUT2D eigenvalue weighted by molar-refractivity contribution is -0.119. The first-order valence-corrected chi connectivity index (χ1v) is 5.20. The van der Waals surface area contributed by atoms with Crippen LogP contribution in [0.3, 0.4) is 0 Å². The molecule has 0 bridgehead atoms. The summed E-state index contributed by atoms with van der Waals surface area (Å²) < 4.78 is 13.1.